The summed E-state index contributed by atoms with van der Waals surface area (Å²) in [6, 6.07) is 49.2. The Morgan fingerprint density at radius 1 is 0.455 bits per heavy atom. The maximum absolute atomic E-state index is 13.4. The van der Waals surface area contributed by atoms with Gasteiger partial charge in [-0.15, -0.1) is 0 Å². The molecule has 0 saturated carbocycles. The maximum Gasteiger partial charge on any atom is 0.193 e. The van der Waals surface area contributed by atoms with Gasteiger partial charge in [0.25, 0.3) is 0 Å². The van der Waals surface area contributed by atoms with E-state index >= 15 is 0 Å². The molecule has 44 heavy (non-hydrogen) atoms. The second-order valence-corrected chi connectivity index (χ2v) is 12.6. The zero-order valence-corrected chi connectivity index (χ0v) is 25.8. The average molecular weight is 609 g/mol. The zero-order chi connectivity index (χ0) is 30.3. The Morgan fingerprint density at radius 2 is 0.818 bits per heavy atom. The molecule has 0 fully saturated rings. The lowest BCUT2D eigenvalue weighted by Gasteiger charge is -2.11. The van der Waals surface area contributed by atoms with Crippen molar-refractivity contribution in [3.8, 4) is 22.3 Å². The van der Waals surface area contributed by atoms with Gasteiger partial charge < -0.3 is 11.5 Å². The van der Waals surface area contributed by atoms with Crippen LogP contribution in [0.1, 0.15) is 27.0 Å². The summed E-state index contributed by atoms with van der Waals surface area (Å²) in [5, 5.41) is 0. The molecular formula is C39H32N2OS2. The minimum Gasteiger partial charge on any atom is -0.326 e. The number of carbonyl (C=O) groups is 1. The van der Waals surface area contributed by atoms with Crippen molar-refractivity contribution >= 4 is 29.3 Å². The van der Waals surface area contributed by atoms with Gasteiger partial charge in [0.15, 0.2) is 5.78 Å². The topological polar surface area (TPSA) is 69.1 Å². The summed E-state index contributed by atoms with van der Waals surface area (Å²) in [7, 11) is 0. The molecule has 0 amide bonds. The van der Waals surface area contributed by atoms with E-state index in [-0.39, 0.29) is 5.78 Å². The van der Waals surface area contributed by atoms with Crippen LogP contribution < -0.4 is 11.5 Å². The molecule has 0 bridgehead atoms. The van der Waals surface area contributed by atoms with Crippen molar-refractivity contribution in [2.75, 3.05) is 0 Å². The SMILES string of the molecule is NCc1ccc(Sc2ccccc2-c2ccc(C(=O)c3ccc(-c4ccccc4Sc4ccc(CN)cc4)cc3)cc2)cc1. The van der Waals surface area contributed by atoms with Gasteiger partial charge in [0.05, 0.1) is 0 Å². The summed E-state index contributed by atoms with van der Waals surface area (Å²) in [6.45, 7) is 1.07. The first-order chi connectivity index (χ1) is 21.6. The number of ketones is 1. The Labute approximate surface area is 267 Å². The van der Waals surface area contributed by atoms with Crippen LogP contribution in [0.25, 0.3) is 22.3 Å². The standard InChI is InChI=1S/C39H32N2OS2/c40-25-27-9-21-33(22-10-27)43-37-7-3-1-5-35(37)29-13-17-31(18-14-29)39(42)32-19-15-30(16-20-32)36-6-2-4-8-38(36)44-34-23-11-28(26-41)12-24-34/h1-24H,25-26,40-41H2. The first kappa shape index (κ1) is 29.7. The number of rotatable bonds is 10. The Balaban J connectivity index is 1.18. The summed E-state index contributed by atoms with van der Waals surface area (Å²) in [5.41, 5.74) is 19.5. The molecule has 216 valence electrons. The number of nitrogens with two attached hydrogens (primary N) is 2. The van der Waals surface area contributed by atoms with Crippen molar-refractivity contribution in [1.29, 1.82) is 0 Å². The van der Waals surface area contributed by atoms with Crippen LogP contribution in [-0.2, 0) is 13.1 Å². The van der Waals surface area contributed by atoms with Crippen molar-refractivity contribution in [1.82, 2.24) is 0 Å². The number of hydrogen-bond acceptors (Lipinski definition) is 5. The van der Waals surface area contributed by atoms with E-state index in [4.69, 9.17) is 11.5 Å². The highest BCUT2D eigenvalue weighted by Gasteiger charge is 2.13. The molecular weight excluding hydrogens is 577 g/mol. The third-order valence-electron chi connectivity index (χ3n) is 7.46. The van der Waals surface area contributed by atoms with Crippen LogP contribution in [0.4, 0.5) is 0 Å². The van der Waals surface area contributed by atoms with Crippen molar-refractivity contribution in [2.24, 2.45) is 11.5 Å². The van der Waals surface area contributed by atoms with Gasteiger partial charge in [0.2, 0.25) is 0 Å². The molecule has 6 aromatic carbocycles. The zero-order valence-electron chi connectivity index (χ0n) is 24.2. The summed E-state index contributed by atoms with van der Waals surface area (Å²) in [4.78, 5) is 18.1. The molecule has 0 saturated heterocycles. The second kappa shape index (κ2) is 13.9. The Morgan fingerprint density at radius 3 is 1.18 bits per heavy atom. The molecule has 0 aliphatic carbocycles. The van der Waals surface area contributed by atoms with Gasteiger partial charge in [-0.2, -0.15) is 0 Å². The summed E-state index contributed by atoms with van der Waals surface area (Å²) in [5.74, 6) is 0.00778. The van der Waals surface area contributed by atoms with Gasteiger partial charge in [-0.3, -0.25) is 4.79 Å². The van der Waals surface area contributed by atoms with Gasteiger partial charge in [0, 0.05) is 43.8 Å². The largest absolute Gasteiger partial charge is 0.326 e. The minimum atomic E-state index is 0.00778. The Bertz CT molecular complexity index is 1730. The Hall–Kier alpha value is -4.39. The third-order valence-corrected chi connectivity index (χ3v) is 9.63. The lowest BCUT2D eigenvalue weighted by atomic mass is 9.97. The number of benzene rings is 6. The molecule has 6 aromatic rings. The number of carbonyl (C=O) groups excluding carboxylic acids is 1. The van der Waals surface area contributed by atoms with Crippen LogP contribution in [0.5, 0.6) is 0 Å². The molecule has 4 N–H and O–H groups in total. The fourth-order valence-corrected chi connectivity index (χ4v) is 6.94. The van der Waals surface area contributed by atoms with Crippen LogP contribution in [0.15, 0.2) is 165 Å². The maximum atomic E-state index is 13.4. The van der Waals surface area contributed by atoms with Crippen LogP contribution in [0.2, 0.25) is 0 Å². The van der Waals surface area contributed by atoms with Crippen LogP contribution >= 0.6 is 23.5 Å². The van der Waals surface area contributed by atoms with Crippen LogP contribution in [0.3, 0.4) is 0 Å². The third kappa shape index (κ3) is 6.88. The molecule has 6 rings (SSSR count). The van der Waals surface area contributed by atoms with E-state index in [2.05, 4.69) is 84.9 Å². The highest BCUT2D eigenvalue weighted by molar-refractivity contribution is 7.99. The molecule has 5 heteroatoms. The van der Waals surface area contributed by atoms with Gasteiger partial charge in [-0.1, -0.05) is 133 Å². The molecule has 0 aliphatic heterocycles. The second-order valence-electron chi connectivity index (χ2n) is 10.4. The molecule has 0 unspecified atom stereocenters. The minimum absolute atomic E-state index is 0.00778. The summed E-state index contributed by atoms with van der Waals surface area (Å²) >= 11 is 3.45. The van der Waals surface area contributed by atoms with E-state index in [9.17, 15) is 4.79 Å². The van der Waals surface area contributed by atoms with Crippen molar-refractivity contribution < 1.29 is 4.79 Å². The van der Waals surface area contributed by atoms with Crippen LogP contribution in [-0.4, -0.2) is 5.78 Å². The van der Waals surface area contributed by atoms with Gasteiger partial charge in [0.1, 0.15) is 0 Å². The van der Waals surface area contributed by atoms with Crippen molar-refractivity contribution in [2.45, 2.75) is 32.7 Å². The summed E-state index contributed by atoms with van der Waals surface area (Å²) in [6.07, 6.45) is 0. The lowest BCUT2D eigenvalue weighted by molar-refractivity contribution is 0.103. The first-order valence-corrected chi connectivity index (χ1v) is 16.1. The van der Waals surface area contributed by atoms with Crippen molar-refractivity contribution in [3.63, 3.8) is 0 Å². The van der Waals surface area contributed by atoms with Gasteiger partial charge in [-0.25, -0.2) is 0 Å². The highest BCUT2D eigenvalue weighted by Crippen LogP contribution is 2.37. The molecule has 0 atom stereocenters. The van der Waals surface area contributed by atoms with Crippen molar-refractivity contribution in [3.05, 3.63) is 168 Å². The molecule has 0 heterocycles. The van der Waals surface area contributed by atoms with E-state index < -0.39 is 0 Å². The highest BCUT2D eigenvalue weighted by atomic mass is 32.2. The monoisotopic (exact) mass is 608 g/mol. The molecule has 0 aliphatic rings. The molecule has 0 radical (unpaired) electrons. The fourth-order valence-electron chi connectivity index (χ4n) is 5.00. The van der Waals surface area contributed by atoms with Gasteiger partial charge in [-0.05, 0) is 69.8 Å². The summed E-state index contributed by atoms with van der Waals surface area (Å²) < 4.78 is 0. The molecule has 0 spiro atoms. The first-order valence-electron chi connectivity index (χ1n) is 14.5. The van der Waals surface area contributed by atoms with E-state index in [0.29, 0.717) is 24.2 Å². The normalized spacial score (nSPS) is 11.0. The molecule has 0 aromatic heterocycles. The fraction of sp³-hybridized carbons (Fsp3) is 0.0513. The van der Waals surface area contributed by atoms with Crippen LogP contribution in [0, 0.1) is 0 Å². The predicted molar refractivity (Wildman–Crippen MR) is 184 cm³/mol. The van der Waals surface area contributed by atoms with E-state index in [0.717, 1.165) is 53.0 Å². The number of hydrogen-bond donors (Lipinski definition) is 2. The van der Waals surface area contributed by atoms with E-state index in [1.165, 1.54) is 0 Å². The molecule has 3 nitrogen and oxygen atoms in total. The Kier molecular flexibility index (Phi) is 9.40. The average Bonchev–Trinajstić information content (AvgIpc) is 3.09. The predicted octanol–water partition coefficient (Wildman–Crippen LogP) is 9.47. The van der Waals surface area contributed by atoms with E-state index in [1.54, 1.807) is 23.5 Å². The van der Waals surface area contributed by atoms with Gasteiger partial charge >= 0.3 is 0 Å². The smallest absolute Gasteiger partial charge is 0.193 e. The quantitative estimate of drug-likeness (QED) is 0.152. The van der Waals surface area contributed by atoms with E-state index in [1.807, 2.05) is 60.7 Å². The lowest BCUT2D eigenvalue weighted by Crippen LogP contribution is -2.01.